The van der Waals surface area contributed by atoms with E-state index in [1.165, 1.54) is 5.52 Å². The van der Waals surface area contributed by atoms with Gasteiger partial charge >= 0.3 is 0 Å². The summed E-state index contributed by atoms with van der Waals surface area (Å²) in [5, 5.41) is 0. The van der Waals surface area contributed by atoms with Crippen LogP contribution in [0.3, 0.4) is 0 Å². The van der Waals surface area contributed by atoms with Crippen molar-refractivity contribution in [3.05, 3.63) is 24.3 Å². The third-order valence-electron chi connectivity index (χ3n) is 4.01. The molecule has 2 aromatic rings. The van der Waals surface area contributed by atoms with Crippen molar-refractivity contribution >= 4 is 11.0 Å². The molecular weight excluding hydrogens is 236 g/mol. The van der Waals surface area contributed by atoms with Crippen molar-refractivity contribution < 1.29 is 0 Å². The van der Waals surface area contributed by atoms with Crippen LogP contribution in [0, 0.1) is 0 Å². The van der Waals surface area contributed by atoms with E-state index in [-0.39, 0.29) is 5.41 Å². The molecule has 4 nitrogen and oxygen atoms in total. The Bertz CT molecular complexity index is 588. The largest absolute Gasteiger partial charge is 0.325 e. The molecular formula is C15H22N4. The lowest BCUT2D eigenvalue weighted by Gasteiger charge is -2.39. The molecule has 19 heavy (non-hydrogen) atoms. The third kappa shape index (κ3) is 2.14. The monoisotopic (exact) mass is 258 g/mol. The maximum Gasteiger partial charge on any atom is 0.107 e. The van der Waals surface area contributed by atoms with Crippen LogP contribution < -0.4 is 0 Å². The van der Waals surface area contributed by atoms with Crippen molar-refractivity contribution in [1.82, 2.24) is 19.4 Å². The quantitative estimate of drug-likeness (QED) is 0.830. The first-order chi connectivity index (χ1) is 8.99. The molecule has 0 unspecified atom stereocenters. The van der Waals surface area contributed by atoms with Gasteiger partial charge < -0.3 is 4.57 Å². The van der Waals surface area contributed by atoms with Crippen LogP contribution in [-0.2, 0) is 5.41 Å². The molecule has 1 aliphatic rings. The molecule has 0 bridgehead atoms. The van der Waals surface area contributed by atoms with Crippen molar-refractivity contribution in [3.8, 4) is 0 Å². The molecule has 0 aliphatic carbocycles. The fourth-order valence-electron chi connectivity index (χ4n) is 2.61. The minimum absolute atomic E-state index is 0.0817. The highest BCUT2D eigenvalue weighted by Crippen LogP contribution is 2.28. The maximum absolute atomic E-state index is 4.54. The van der Waals surface area contributed by atoms with Crippen molar-refractivity contribution in [2.45, 2.75) is 39.2 Å². The van der Waals surface area contributed by atoms with Crippen LogP contribution in [0.1, 0.15) is 39.4 Å². The molecule has 0 spiro atoms. The van der Waals surface area contributed by atoms with Crippen LogP contribution in [0.4, 0.5) is 0 Å². The van der Waals surface area contributed by atoms with Crippen molar-refractivity contribution in [2.75, 3.05) is 19.6 Å². The van der Waals surface area contributed by atoms with Gasteiger partial charge in [-0.2, -0.15) is 0 Å². The van der Waals surface area contributed by atoms with E-state index in [4.69, 9.17) is 0 Å². The van der Waals surface area contributed by atoms with E-state index in [0.717, 1.165) is 30.8 Å². The van der Waals surface area contributed by atoms with Gasteiger partial charge in [-0.3, -0.25) is 9.88 Å². The first kappa shape index (κ1) is 12.6. The lowest BCUT2D eigenvalue weighted by molar-refractivity contribution is 0.117. The second kappa shape index (κ2) is 4.30. The number of fused-ring (bicyclic) bond motifs is 1. The molecule has 3 heterocycles. The van der Waals surface area contributed by atoms with Crippen LogP contribution in [-0.4, -0.2) is 39.1 Å². The van der Waals surface area contributed by atoms with Crippen molar-refractivity contribution in [3.63, 3.8) is 0 Å². The zero-order valence-electron chi connectivity index (χ0n) is 12.2. The van der Waals surface area contributed by atoms with E-state index >= 15 is 0 Å². The van der Waals surface area contributed by atoms with E-state index in [1.54, 1.807) is 0 Å². The lowest BCUT2D eigenvalue weighted by Crippen LogP contribution is -2.47. The Morgan fingerprint density at radius 3 is 2.63 bits per heavy atom. The lowest BCUT2D eigenvalue weighted by atomic mass is 9.91. The van der Waals surface area contributed by atoms with Gasteiger partial charge in [-0.25, -0.2) is 4.98 Å². The number of nitrogens with zero attached hydrogens (tertiary/aromatic N) is 4. The molecule has 102 valence electrons. The van der Waals surface area contributed by atoms with Crippen LogP contribution in [0.15, 0.2) is 18.6 Å². The zero-order valence-corrected chi connectivity index (χ0v) is 12.2. The number of imidazole rings is 1. The fraction of sp³-hybridized carbons (Fsp3) is 0.600. The molecule has 0 radical (unpaired) electrons. The van der Waals surface area contributed by atoms with Crippen molar-refractivity contribution in [2.24, 2.45) is 0 Å². The smallest absolute Gasteiger partial charge is 0.107 e. The summed E-state index contributed by atoms with van der Waals surface area (Å²) in [6, 6.07) is 2.77. The Hall–Kier alpha value is -1.42. The number of pyridine rings is 1. The standard InChI is InChI=1S/C15H22N4/c1-5-18-8-11(9-18)19-10-17-12-7-16-14(6-13(12)19)15(2,3)4/h6-7,10-11H,5,8-9H2,1-4H3. The Labute approximate surface area is 114 Å². The number of hydrogen-bond donors (Lipinski definition) is 0. The molecule has 1 saturated heterocycles. The van der Waals surface area contributed by atoms with Crippen LogP contribution in [0.2, 0.25) is 0 Å². The highest BCUT2D eigenvalue weighted by molar-refractivity contribution is 5.75. The van der Waals surface area contributed by atoms with Gasteiger partial charge in [-0.1, -0.05) is 27.7 Å². The van der Waals surface area contributed by atoms with Gasteiger partial charge in [0.2, 0.25) is 0 Å². The van der Waals surface area contributed by atoms with Gasteiger partial charge in [-0.05, 0) is 12.6 Å². The van der Waals surface area contributed by atoms with E-state index in [9.17, 15) is 0 Å². The predicted molar refractivity (Wildman–Crippen MR) is 77.4 cm³/mol. The first-order valence-corrected chi connectivity index (χ1v) is 7.04. The molecule has 2 aromatic heterocycles. The summed E-state index contributed by atoms with van der Waals surface area (Å²) in [4.78, 5) is 11.5. The minimum Gasteiger partial charge on any atom is -0.325 e. The number of aromatic nitrogens is 3. The van der Waals surface area contributed by atoms with Gasteiger partial charge in [0.25, 0.3) is 0 Å². The van der Waals surface area contributed by atoms with E-state index in [2.05, 4.69) is 53.2 Å². The average molecular weight is 258 g/mol. The molecule has 0 saturated carbocycles. The predicted octanol–water partition coefficient (Wildman–Crippen LogP) is 2.61. The Balaban J connectivity index is 1.97. The Morgan fingerprint density at radius 1 is 1.26 bits per heavy atom. The van der Waals surface area contributed by atoms with Gasteiger partial charge in [0.1, 0.15) is 5.52 Å². The molecule has 3 rings (SSSR count). The first-order valence-electron chi connectivity index (χ1n) is 7.04. The molecule has 0 atom stereocenters. The minimum atomic E-state index is 0.0817. The summed E-state index contributed by atoms with van der Waals surface area (Å²) in [6.45, 7) is 12.2. The van der Waals surface area contributed by atoms with Crippen LogP contribution in [0.5, 0.6) is 0 Å². The van der Waals surface area contributed by atoms with E-state index in [1.807, 2.05) is 12.5 Å². The van der Waals surface area contributed by atoms with Crippen LogP contribution >= 0.6 is 0 Å². The van der Waals surface area contributed by atoms with Gasteiger partial charge in [0.15, 0.2) is 0 Å². The van der Waals surface area contributed by atoms with E-state index < -0.39 is 0 Å². The summed E-state index contributed by atoms with van der Waals surface area (Å²) in [7, 11) is 0. The second-order valence-corrected chi connectivity index (χ2v) is 6.47. The molecule has 0 aromatic carbocycles. The number of likely N-dealkylation sites (N-methyl/N-ethyl adjacent to an activating group) is 1. The molecule has 1 aliphatic heterocycles. The number of hydrogen-bond acceptors (Lipinski definition) is 3. The fourth-order valence-corrected chi connectivity index (χ4v) is 2.61. The van der Waals surface area contributed by atoms with Gasteiger partial charge in [-0.15, -0.1) is 0 Å². The number of likely N-dealkylation sites (tertiary alicyclic amines) is 1. The van der Waals surface area contributed by atoms with Gasteiger partial charge in [0, 0.05) is 24.2 Å². The molecule has 0 amide bonds. The zero-order chi connectivity index (χ0) is 13.6. The summed E-state index contributed by atoms with van der Waals surface area (Å²) in [5.41, 5.74) is 3.44. The maximum atomic E-state index is 4.54. The summed E-state index contributed by atoms with van der Waals surface area (Å²) in [6.07, 6.45) is 3.87. The van der Waals surface area contributed by atoms with E-state index in [0.29, 0.717) is 6.04 Å². The Kier molecular flexibility index (Phi) is 2.86. The number of rotatable bonds is 2. The van der Waals surface area contributed by atoms with Crippen LogP contribution in [0.25, 0.3) is 11.0 Å². The summed E-state index contributed by atoms with van der Waals surface area (Å²) < 4.78 is 2.32. The topological polar surface area (TPSA) is 34.0 Å². The SMILES string of the molecule is CCN1CC(n2cnc3cnc(C(C)(C)C)cc32)C1. The second-order valence-electron chi connectivity index (χ2n) is 6.47. The molecule has 4 heteroatoms. The Morgan fingerprint density at radius 2 is 2.00 bits per heavy atom. The highest BCUT2D eigenvalue weighted by Gasteiger charge is 2.28. The average Bonchev–Trinajstić information content (AvgIpc) is 2.70. The third-order valence-corrected chi connectivity index (χ3v) is 4.01. The van der Waals surface area contributed by atoms with Gasteiger partial charge in [0.05, 0.1) is 24.1 Å². The normalized spacial score (nSPS) is 17.9. The molecule has 0 N–H and O–H groups in total. The summed E-state index contributed by atoms with van der Waals surface area (Å²) >= 11 is 0. The highest BCUT2D eigenvalue weighted by atomic mass is 15.3. The van der Waals surface area contributed by atoms with Crippen molar-refractivity contribution in [1.29, 1.82) is 0 Å². The summed E-state index contributed by atoms with van der Waals surface area (Å²) in [5.74, 6) is 0. The molecule has 1 fully saturated rings.